The fourth-order valence-corrected chi connectivity index (χ4v) is 1.63. The Labute approximate surface area is 92.5 Å². The summed E-state index contributed by atoms with van der Waals surface area (Å²) in [5.41, 5.74) is 1.32. The Morgan fingerprint density at radius 1 is 1.60 bits per heavy atom. The van der Waals surface area contributed by atoms with Gasteiger partial charge in [0, 0.05) is 18.7 Å². The zero-order chi connectivity index (χ0) is 11.1. The summed E-state index contributed by atoms with van der Waals surface area (Å²) in [4.78, 5) is 8.89. The van der Waals surface area contributed by atoms with E-state index >= 15 is 0 Å². The molecule has 5 heteroatoms. The lowest BCUT2D eigenvalue weighted by molar-refractivity contribution is -0.190. The molecule has 0 amide bonds. The molecule has 0 saturated carbocycles. The van der Waals surface area contributed by atoms with Crippen molar-refractivity contribution in [2.75, 3.05) is 0 Å². The largest absolute Gasteiger partial charge is 0.360 e. The Morgan fingerprint density at radius 3 is 2.87 bits per heavy atom. The van der Waals surface area contributed by atoms with Crippen LogP contribution in [0.15, 0.2) is 23.5 Å². The van der Waals surface area contributed by atoms with Crippen LogP contribution in [0.1, 0.15) is 19.4 Å². The highest BCUT2D eigenvalue weighted by molar-refractivity contribution is 6.33. The molecule has 0 aromatic carbocycles. The number of oxime groups is 1. The van der Waals surface area contributed by atoms with Gasteiger partial charge in [-0.25, -0.2) is 4.98 Å². The van der Waals surface area contributed by atoms with E-state index in [0.717, 1.165) is 0 Å². The Kier molecular flexibility index (Phi) is 2.40. The number of hydrogen-bond acceptors (Lipinski definition) is 4. The van der Waals surface area contributed by atoms with E-state index in [9.17, 15) is 5.11 Å². The summed E-state index contributed by atoms with van der Waals surface area (Å²) in [5.74, 6) is -1.51. The van der Waals surface area contributed by atoms with Gasteiger partial charge in [-0.1, -0.05) is 23.7 Å². The SMILES string of the molecule is CC1C(c2cccnc2Cl)=NOC1(C)O. The van der Waals surface area contributed by atoms with Gasteiger partial charge in [-0.15, -0.1) is 0 Å². The summed E-state index contributed by atoms with van der Waals surface area (Å²) in [5, 5.41) is 14.0. The molecule has 15 heavy (non-hydrogen) atoms. The van der Waals surface area contributed by atoms with Crippen LogP contribution in [0, 0.1) is 5.92 Å². The molecule has 1 aliphatic rings. The molecule has 1 aliphatic heterocycles. The maximum absolute atomic E-state index is 9.79. The van der Waals surface area contributed by atoms with Crippen LogP contribution in [0.25, 0.3) is 0 Å². The van der Waals surface area contributed by atoms with Crippen molar-refractivity contribution >= 4 is 17.3 Å². The molecule has 1 N–H and O–H groups in total. The van der Waals surface area contributed by atoms with Crippen LogP contribution in [0.3, 0.4) is 0 Å². The van der Waals surface area contributed by atoms with E-state index in [0.29, 0.717) is 16.4 Å². The average molecular weight is 227 g/mol. The van der Waals surface area contributed by atoms with Gasteiger partial charge in [-0.2, -0.15) is 0 Å². The number of aromatic nitrogens is 1. The highest BCUT2D eigenvalue weighted by Gasteiger charge is 2.41. The first-order valence-corrected chi connectivity index (χ1v) is 4.99. The van der Waals surface area contributed by atoms with Crippen LogP contribution in [0.5, 0.6) is 0 Å². The number of hydrogen-bond donors (Lipinski definition) is 1. The Bertz CT molecular complexity index is 418. The fourth-order valence-electron chi connectivity index (χ4n) is 1.41. The third kappa shape index (κ3) is 1.70. The minimum absolute atomic E-state index is 0.237. The van der Waals surface area contributed by atoms with Crippen molar-refractivity contribution in [3.63, 3.8) is 0 Å². The number of halogens is 1. The van der Waals surface area contributed by atoms with E-state index in [1.54, 1.807) is 25.3 Å². The second-order valence-corrected chi connectivity index (χ2v) is 4.04. The Morgan fingerprint density at radius 2 is 2.33 bits per heavy atom. The van der Waals surface area contributed by atoms with E-state index in [1.165, 1.54) is 0 Å². The number of rotatable bonds is 1. The smallest absolute Gasteiger partial charge is 0.239 e. The van der Waals surface area contributed by atoms with Gasteiger partial charge in [0.2, 0.25) is 5.79 Å². The molecule has 2 heterocycles. The van der Waals surface area contributed by atoms with E-state index < -0.39 is 5.79 Å². The molecule has 80 valence electrons. The van der Waals surface area contributed by atoms with Gasteiger partial charge in [0.25, 0.3) is 0 Å². The molecule has 1 aromatic rings. The maximum atomic E-state index is 9.79. The Balaban J connectivity index is 2.39. The normalized spacial score (nSPS) is 29.9. The first kappa shape index (κ1) is 10.4. The molecule has 0 fully saturated rings. The number of nitrogens with zero attached hydrogens (tertiary/aromatic N) is 2. The van der Waals surface area contributed by atoms with Crippen LogP contribution in [0.4, 0.5) is 0 Å². The topological polar surface area (TPSA) is 54.7 Å². The molecule has 0 radical (unpaired) electrons. The predicted molar refractivity (Wildman–Crippen MR) is 56.7 cm³/mol. The number of pyridine rings is 1. The third-order valence-corrected chi connectivity index (χ3v) is 2.88. The summed E-state index contributed by atoms with van der Waals surface area (Å²) < 4.78 is 0. The predicted octanol–water partition coefficient (Wildman–Crippen LogP) is 1.81. The van der Waals surface area contributed by atoms with Gasteiger partial charge >= 0.3 is 0 Å². The van der Waals surface area contributed by atoms with Gasteiger partial charge in [0.15, 0.2) is 0 Å². The highest BCUT2D eigenvalue weighted by atomic mass is 35.5. The van der Waals surface area contributed by atoms with Gasteiger partial charge in [0.05, 0.1) is 11.6 Å². The third-order valence-electron chi connectivity index (χ3n) is 2.58. The van der Waals surface area contributed by atoms with Crippen molar-refractivity contribution in [1.82, 2.24) is 4.98 Å². The van der Waals surface area contributed by atoms with Crippen LogP contribution in [-0.2, 0) is 4.84 Å². The van der Waals surface area contributed by atoms with Crippen molar-refractivity contribution in [2.24, 2.45) is 11.1 Å². The van der Waals surface area contributed by atoms with Gasteiger partial charge in [-0.3, -0.25) is 0 Å². The van der Waals surface area contributed by atoms with Gasteiger partial charge in [-0.05, 0) is 12.1 Å². The fraction of sp³-hybridized carbons (Fsp3) is 0.400. The van der Waals surface area contributed by atoms with Crippen LogP contribution in [-0.4, -0.2) is 21.6 Å². The molecular formula is C10H11ClN2O2. The lowest BCUT2D eigenvalue weighted by Gasteiger charge is -2.19. The van der Waals surface area contributed by atoms with E-state index in [1.807, 2.05) is 6.92 Å². The van der Waals surface area contributed by atoms with E-state index in [-0.39, 0.29) is 5.92 Å². The van der Waals surface area contributed by atoms with Crippen LogP contribution >= 0.6 is 11.6 Å². The lowest BCUT2D eigenvalue weighted by atomic mass is 9.93. The first-order valence-electron chi connectivity index (χ1n) is 4.61. The molecule has 0 spiro atoms. The van der Waals surface area contributed by atoms with Crippen molar-refractivity contribution in [3.8, 4) is 0 Å². The summed E-state index contributed by atoms with van der Waals surface area (Å²) in [6.45, 7) is 3.40. The molecule has 1 aromatic heterocycles. The van der Waals surface area contributed by atoms with E-state index in [4.69, 9.17) is 16.4 Å². The van der Waals surface area contributed by atoms with Crippen molar-refractivity contribution in [2.45, 2.75) is 19.6 Å². The molecule has 0 aliphatic carbocycles. The minimum atomic E-state index is -1.27. The molecule has 2 rings (SSSR count). The minimum Gasteiger partial charge on any atom is -0.360 e. The molecular weight excluding hydrogens is 216 g/mol. The summed E-state index contributed by atoms with van der Waals surface area (Å²) in [6.07, 6.45) is 1.60. The summed E-state index contributed by atoms with van der Waals surface area (Å²) in [7, 11) is 0. The first-order chi connectivity index (χ1) is 7.02. The average Bonchev–Trinajstić information content (AvgIpc) is 2.44. The van der Waals surface area contributed by atoms with Gasteiger partial charge < -0.3 is 9.94 Å². The van der Waals surface area contributed by atoms with Gasteiger partial charge in [0.1, 0.15) is 5.15 Å². The standard InChI is InChI=1S/C10H11ClN2O2/c1-6-8(13-15-10(6,2)14)7-4-3-5-12-9(7)11/h3-6,14H,1-2H3. The summed E-state index contributed by atoms with van der Waals surface area (Å²) in [6, 6.07) is 3.57. The molecule has 2 unspecified atom stereocenters. The molecule has 2 atom stereocenters. The zero-order valence-electron chi connectivity index (χ0n) is 8.44. The van der Waals surface area contributed by atoms with Crippen LogP contribution in [0.2, 0.25) is 5.15 Å². The summed E-state index contributed by atoms with van der Waals surface area (Å²) >= 11 is 5.93. The van der Waals surface area contributed by atoms with Crippen LogP contribution < -0.4 is 0 Å². The Hall–Kier alpha value is -1.13. The van der Waals surface area contributed by atoms with Crippen molar-refractivity contribution in [3.05, 3.63) is 29.0 Å². The second-order valence-electron chi connectivity index (χ2n) is 3.69. The highest BCUT2D eigenvalue weighted by Crippen LogP contribution is 2.31. The molecule has 4 nitrogen and oxygen atoms in total. The molecule has 0 saturated heterocycles. The zero-order valence-corrected chi connectivity index (χ0v) is 9.19. The maximum Gasteiger partial charge on any atom is 0.239 e. The number of aliphatic hydroxyl groups is 1. The molecule has 0 bridgehead atoms. The lowest BCUT2D eigenvalue weighted by Crippen LogP contribution is -2.33. The monoisotopic (exact) mass is 226 g/mol. The quantitative estimate of drug-likeness (QED) is 0.743. The van der Waals surface area contributed by atoms with Crippen molar-refractivity contribution < 1.29 is 9.94 Å². The second kappa shape index (κ2) is 3.47. The van der Waals surface area contributed by atoms with Crippen molar-refractivity contribution in [1.29, 1.82) is 0 Å². The van der Waals surface area contributed by atoms with E-state index in [2.05, 4.69) is 10.1 Å².